The van der Waals surface area contributed by atoms with Crippen molar-refractivity contribution in [3.05, 3.63) is 0 Å². The number of halogens is 3. The number of carboxylic acid groups (broad SMARTS) is 1. The van der Waals surface area contributed by atoms with E-state index in [9.17, 15) is 4.79 Å². The van der Waals surface area contributed by atoms with Crippen molar-refractivity contribution in [1.29, 1.82) is 0 Å². The predicted molar refractivity (Wildman–Crippen MR) is 23.7 cm³/mol. The Morgan fingerprint density at radius 3 is 1.44 bits per heavy atom. The fourth-order valence-corrected chi connectivity index (χ4v) is 0. The van der Waals surface area contributed by atoms with Gasteiger partial charge in [-0.25, -0.2) is 0 Å². The molecule has 0 rings (SSSR count). The zero-order valence-electron chi connectivity index (χ0n) is 4.77. The third-order valence-corrected chi connectivity index (χ3v) is 0.302. The van der Waals surface area contributed by atoms with E-state index in [1.807, 2.05) is 0 Å². The van der Waals surface area contributed by atoms with Gasteiger partial charge in [-0.15, -0.1) is 0 Å². The second-order valence-corrected chi connectivity index (χ2v) is 0.747. The maximum atomic E-state index is 9.37. The molecule has 0 saturated carbocycles. The summed E-state index contributed by atoms with van der Waals surface area (Å²) in [5.74, 6) is -0.745. The van der Waals surface area contributed by atoms with Crippen LogP contribution in [0.3, 0.4) is 0 Å². The van der Waals surface area contributed by atoms with Crippen molar-refractivity contribution >= 4 is 14.4 Å². The van der Waals surface area contributed by atoms with Gasteiger partial charge in [-0.3, -0.25) is 4.79 Å². The molecule has 0 aromatic rings. The number of rotatable bonds is 1. The Kier molecular flexibility index (Phi) is 119. The average Bonchev–Trinajstić information content (AvgIpc) is 1.38. The van der Waals surface area contributed by atoms with E-state index < -0.39 is 5.97 Å². The summed E-state index contributed by atoms with van der Waals surface area (Å²) in [6.45, 7) is 1.60. The SMILES string of the molecule is CCC(=O)O.[B+3].[F-].[F-].[F-]. The smallest absolute Gasteiger partial charge is 1.00 e. The van der Waals surface area contributed by atoms with Crippen LogP contribution in [0.2, 0.25) is 0 Å². The largest absolute Gasteiger partial charge is 3.00 e. The Balaban J connectivity index is -0.0000000133. The number of hydrogen-bond acceptors (Lipinski definition) is 1. The molecule has 0 unspecified atom stereocenters. The summed E-state index contributed by atoms with van der Waals surface area (Å²) in [6.07, 6.45) is 0.222. The van der Waals surface area contributed by atoms with E-state index in [-0.39, 0.29) is 28.9 Å². The van der Waals surface area contributed by atoms with Crippen molar-refractivity contribution in [2.75, 3.05) is 0 Å². The van der Waals surface area contributed by atoms with Crippen molar-refractivity contribution in [3.63, 3.8) is 0 Å². The summed E-state index contributed by atoms with van der Waals surface area (Å²) >= 11 is 0. The zero-order chi connectivity index (χ0) is 4.28. The van der Waals surface area contributed by atoms with Crippen molar-refractivity contribution < 1.29 is 24.0 Å². The molecule has 0 spiro atoms. The summed E-state index contributed by atoms with van der Waals surface area (Å²) in [7, 11) is 0. The van der Waals surface area contributed by atoms with Crippen LogP contribution < -0.4 is 14.1 Å². The first kappa shape index (κ1) is 40.4. The van der Waals surface area contributed by atoms with E-state index >= 15 is 0 Å². The van der Waals surface area contributed by atoms with Gasteiger partial charge in [0.05, 0.1) is 0 Å². The van der Waals surface area contributed by atoms with Gasteiger partial charge in [-0.1, -0.05) is 6.92 Å². The summed E-state index contributed by atoms with van der Waals surface area (Å²) in [5.41, 5.74) is 0. The molecule has 0 aliphatic carbocycles. The first-order valence-corrected chi connectivity index (χ1v) is 1.49. The van der Waals surface area contributed by atoms with Crippen LogP contribution in [-0.4, -0.2) is 19.5 Å². The molecule has 54 valence electrons. The molecule has 0 aromatic heterocycles. The molecule has 0 bridgehead atoms. The second-order valence-electron chi connectivity index (χ2n) is 0.747. The van der Waals surface area contributed by atoms with Crippen molar-refractivity contribution in [1.82, 2.24) is 0 Å². The van der Waals surface area contributed by atoms with Gasteiger partial charge in [0, 0.05) is 6.42 Å². The molecule has 0 radical (unpaired) electrons. The Labute approximate surface area is 52.9 Å². The fourth-order valence-electron chi connectivity index (χ4n) is 0. The molecule has 0 heterocycles. The first-order chi connectivity index (χ1) is 2.27. The van der Waals surface area contributed by atoms with Gasteiger partial charge >= 0.3 is 14.4 Å². The molecule has 2 nitrogen and oxygen atoms in total. The van der Waals surface area contributed by atoms with Gasteiger partial charge in [0.15, 0.2) is 0 Å². The Morgan fingerprint density at radius 2 is 1.44 bits per heavy atom. The third-order valence-electron chi connectivity index (χ3n) is 0.302. The maximum absolute atomic E-state index is 9.37. The van der Waals surface area contributed by atoms with Gasteiger partial charge in [-0.05, 0) is 0 Å². The van der Waals surface area contributed by atoms with E-state index in [4.69, 9.17) is 5.11 Å². The quantitative estimate of drug-likeness (QED) is 0.369. The zero-order valence-corrected chi connectivity index (χ0v) is 4.77. The molecule has 0 aliphatic heterocycles. The molecule has 0 aromatic carbocycles. The molecule has 0 fully saturated rings. The molecule has 0 amide bonds. The molecule has 0 aliphatic rings. The second kappa shape index (κ2) is 26.5. The van der Waals surface area contributed by atoms with Crippen LogP contribution in [0.25, 0.3) is 0 Å². The van der Waals surface area contributed by atoms with Gasteiger partial charge in [0.2, 0.25) is 0 Å². The molecule has 1 N–H and O–H groups in total. The molecule has 0 saturated heterocycles. The van der Waals surface area contributed by atoms with Crippen LogP contribution in [-0.2, 0) is 4.79 Å². The van der Waals surface area contributed by atoms with E-state index in [2.05, 4.69) is 0 Å². The predicted octanol–water partition coefficient (Wildman–Crippen LogP) is -8.89. The Bertz CT molecular complexity index is 52.3. The van der Waals surface area contributed by atoms with Gasteiger partial charge in [0.1, 0.15) is 0 Å². The molecule has 6 heteroatoms. The minimum atomic E-state index is -0.745. The number of hydrogen-bond donors (Lipinski definition) is 1. The number of carboxylic acids is 1. The van der Waals surface area contributed by atoms with Crippen LogP contribution in [0.4, 0.5) is 0 Å². The van der Waals surface area contributed by atoms with Crippen LogP contribution >= 0.6 is 0 Å². The molecular weight excluding hydrogens is 136 g/mol. The van der Waals surface area contributed by atoms with Gasteiger partial charge in [-0.2, -0.15) is 0 Å². The average molecular weight is 142 g/mol. The maximum Gasteiger partial charge on any atom is 3.00 e. The van der Waals surface area contributed by atoms with E-state index in [0.717, 1.165) is 0 Å². The normalized spacial score (nSPS) is 4.11. The molecule has 0 atom stereocenters. The molecular formula is C3H6BF3O2. The van der Waals surface area contributed by atoms with Crippen LogP contribution in [0, 0.1) is 0 Å². The van der Waals surface area contributed by atoms with E-state index in [0.29, 0.717) is 0 Å². The van der Waals surface area contributed by atoms with Gasteiger partial charge in [0.25, 0.3) is 0 Å². The standard InChI is InChI=1S/C3H6O2.B.3FH/c1-2-3(4)5;;;;/h2H2,1H3,(H,4,5);;3*1H/q;+3;;;/p-3. The summed E-state index contributed by atoms with van der Waals surface area (Å²) in [4.78, 5) is 9.37. The minimum absolute atomic E-state index is 0. The van der Waals surface area contributed by atoms with Gasteiger partial charge < -0.3 is 19.2 Å². The first-order valence-electron chi connectivity index (χ1n) is 1.49. The Hall–Kier alpha value is -0.675. The Morgan fingerprint density at radius 1 is 1.33 bits per heavy atom. The van der Waals surface area contributed by atoms with Crippen molar-refractivity contribution in [3.8, 4) is 0 Å². The van der Waals surface area contributed by atoms with Crippen LogP contribution in [0.5, 0.6) is 0 Å². The number of aliphatic carboxylic acids is 1. The van der Waals surface area contributed by atoms with E-state index in [1.54, 1.807) is 6.92 Å². The van der Waals surface area contributed by atoms with Crippen LogP contribution in [0.15, 0.2) is 0 Å². The topological polar surface area (TPSA) is 37.3 Å². The fraction of sp³-hybridized carbons (Fsp3) is 0.667. The monoisotopic (exact) mass is 142 g/mol. The van der Waals surface area contributed by atoms with Crippen LogP contribution in [0.1, 0.15) is 13.3 Å². The third kappa shape index (κ3) is 118. The van der Waals surface area contributed by atoms with Crippen molar-refractivity contribution in [2.24, 2.45) is 0 Å². The minimum Gasteiger partial charge on any atom is -1.00 e. The summed E-state index contributed by atoms with van der Waals surface area (Å²) in [6, 6.07) is 0. The van der Waals surface area contributed by atoms with E-state index in [1.165, 1.54) is 0 Å². The number of carbonyl (C=O) groups is 1. The van der Waals surface area contributed by atoms with Crippen molar-refractivity contribution in [2.45, 2.75) is 13.3 Å². The summed E-state index contributed by atoms with van der Waals surface area (Å²) < 4.78 is 0. The molecule has 9 heavy (non-hydrogen) atoms. The summed E-state index contributed by atoms with van der Waals surface area (Å²) in [5, 5.41) is 7.72.